The van der Waals surface area contributed by atoms with Crippen LogP contribution in [0.4, 0.5) is 5.69 Å². The summed E-state index contributed by atoms with van der Waals surface area (Å²) in [6.45, 7) is 11.0. The molecule has 0 saturated heterocycles. The van der Waals surface area contributed by atoms with Crippen molar-refractivity contribution in [2.75, 3.05) is 0 Å². The molecule has 0 N–H and O–H groups in total. The Kier molecular flexibility index (Phi) is 8.14. The molecular formula is C31H30Cl2NTi-. The number of hydrogen-bond donors (Lipinski definition) is 0. The first-order valence-electron chi connectivity index (χ1n) is 11.8. The molecule has 0 atom stereocenters. The third-order valence-electron chi connectivity index (χ3n) is 6.79. The van der Waals surface area contributed by atoms with Crippen LogP contribution in [0, 0.1) is 20.8 Å². The Labute approximate surface area is 226 Å². The summed E-state index contributed by atoms with van der Waals surface area (Å²) in [6, 6.07) is 31.0. The van der Waals surface area contributed by atoms with E-state index in [9.17, 15) is 0 Å². The first-order chi connectivity index (χ1) is 16.8. The van der Waals surface area contributed by atoms with Crippen molar-refractivity contribution in [3.05, 3.63) is 129 Å². The Morgan fingerprint density at radius 2 is 1.11 bits per heavy atom. The third-order valence-corrected chi connectivity index (χ3v) is 6.79. The summed E-state index contributed by atoms with van der Waals surface area (Å²) in [5.41, 5.74) is 12.6. The van der Waals surface area contributed by atoms with Gasteiger partial charge >= 0.3 is 35.6 Å². The summed E-state index contributed by atoms with van der Waals surface area (Å²) in [7, 11) is 9.78. The normalized spacial score (nSPS) is 12.3. The second-order valence-electron chi connectivity index (χ2n) is 9.68. The SMILES string of the molecule is Cc1cc(C)c([N-]C(C)(C)c2ccccc2C2c3ccccc3-c3ccccc32)c(C)c1.[Cl][Ti][Cl]. The van der Waals surface area contributed by atoms with Gasteiger partial charge in [-0.25, -0.2) is 0 Å². The van der Waals surface area contributed by atoms with Crippen LogP contribution in [-0.2, 0) is 22.6 Å². The van der Waals surface area contributed by atoms with Crippen LogP contribution < -0.4 is 0 Å². The standard InChI is InChI=1S/C31H30N.2ClH.Ti/c1-20-18-21(2)30(22(3)19-20)32-31(4,5)28-17-11-10-16-27(28)29-25-14-8-6-12-23(25)24-13-7-9-15-26(24)29;;;/h6-19,29H,1-5H3;2*1H;/q-1;;;+2/p-2. The molecule has 0 amide bonds. The van der Waals surface area contributed by atoms with E-state index in [-0.39, 0.29) is 11.5 Å². The van der Waals surface area contributed by atoms with E-state index in [1.807, 2.05) is 0 Å². The number of rotatable bonds is 4. The molecular weight excluding hydrogens is 505 g/mol. The summed E-state index contributed by atoms with van der Waals surface area (Å²) in [6.07, 6.45) is 0. The molecule has 0 aromatic heterocycles. The fourth-order valence-corrected chi connectivity index (χ4v) is 5.49. The van der Waals surface area contributed by atoms with Gasteiger partial charge in [-0.05, 0) is 48.6 Å². The molecule has 4 aromatic carbocycles. The van der Waals surface area contributed by atoms with Crippen LogP contribution in [-0.4, -0.2) is 0 Å². The van der Waals surface area contributed by atoms with Crippen LogP contribution in [0.5, 0.6) is 0 Å². The molecule has 1 aliphatic carbocycles. The van der Waals surface area contributed by atoms with E-state index in [1.54, 1.807) is 0 Å². The molecule has 1 nitrogen and oxygen atoms in total. The van der Waals surface area contributed by atoms with E-state index >= 15 is 0 Å². The minimum absolute atomic E-state index is 0.230. The van der Waals surface area contributed by atoms with Gasteiger partial charge in [-0.2, -0.15) is 0 Å². The maximum atomic E-state index is 5.35. The van der Waals surface area contributed by atoms with Crippen molar-refractivity contribution >= 4 is 24.3 Å². The molecule has 0 radical (unpaired) electrons. The van der Waals surface area contributed by atoms with Gasteiger partial charge in [0.25, 0.3) is 0 Å². The molecule has 0 aliphatic heterocycles. The van der Waals surface area contributed by atoms with Gasteiger partial charge in [0.2, 0.25) is 0 Å². The molecule has 0 spiro atoms. The third kappa shape index (κ3) is 5.25. The minimum atomic E-state index is -0.556. The predicted molar refractivity (Wildman–Crippen MR) is 148 cm³/mol. The molecule has 0 fully saturated rings. The van der Waals surface area contributed by atoms with Gasteiger partial charge in [-0.3, -0.25) is 0 Å². The monoisotopic (exact) mass is 534 g/mol. The number of benzene rings is 4. The van der Waals surface area contributed by atoms with E-state index in [0.29, 0.717) is 0 Å². The summed E-state index contributed by atoms with van der Waals surface area (Å²) >= 11 is -0.556. The second-order valence-corrected chi connectivity index (χ2v) is 12.3. The Balaban J connectivity index is 0.000000917. The fraction of sp³-hybridized carbons (Fsp3) is 0.226. The van der Waals surface area contributed by atoms with Gasteiger partial charge in [0.15, 0.2) is 0 Å². The van der Waals surface area contributed by atoms with Crippen molar-refractivity contribution in [1.29, 1.82) is 0 Å². The first kappa shape index (κ1) is 26.0. The van der Waals surface area contributed by atoms with Crippen molar-refractivity contribution < 1.29 is 17.0 Å². The Morgan fingerprint density at radius 3 is 1.63 bits per heavy atom. The summed E-state index contributed by atoms with van der Waals surface area (Å²) in [4.78, 5) is 0. The van der Waals surface area contributed by atoms with Gasteiger partial charge in [-0.15, -0.1) is 5.69 Å². The average molecular weight is 535 g/mol. The predicted octanol–water partition coefficient (Wildman–Crippen LogP) is 10.1. The first-order valence-corrected chi connectivity index (χ1v) is 16.1. The van der Waals surface area contributed by atoms with E-state index in [4.69, 9.17) is 23.9 Å². The van der Waals surface area contributed by atoms with Gasteiger partial charge in [0.1, 0.15) is 0 Å². The topological polar surface area (TPSA) is 14.1 Å². The number of halogens is 2. The quantitative estimate of drug-likeness (QED) is 0.203. The molecule has 5 rings (SSSR count). The molecule has 0 saturated carbocycles. The van der Waals surface area contributed by atoms with Crippen LogP contribution in [0.2, 0.25) is 0 Å². The zero-order valence-electron chi connectivity index (χ0n) is 20.9. The second kappa shape index (κ2) is 10.9. The van der Waals surface area contributed by atoms with Gasteiger partial charge in [0.05, 0.1) is 0 Å². The van der Waals surface area contributed by atoms with Crippen LogP contribution in [0.25, 0.3) is 16.4 Å². The van der Waals surface area contributed by atoms with Crippen molar-refractivity contribution in [1.82, 2.24) is 0 Å². The molecule has 0 bridgehead atoms. The van der Waals surface area contributed by atoms with Gasteiger partial charge in [-0.1, -0.05) is 127 Å². The number of nitrogens with zero attached hydrogens (tertiary/aromatic N) is 1. The molecule has 0 unspecified atom stereocenters. The summed E-state index contributed by atoms with van der Waals surface area (Å²) in [5, 5.41) is 5.35. The maximum absolute atomic E-state index is 5.35. The van der Waals surface area contributed by atoms with Gasteiger partial charge in [0, 0.05) is 5.92 Å². The molecule has 1 aliphatic rings. The average Bonchev–Trinajstić information content (AvgIpc) is 3.16. The summed E-state index contributed by atoms with van der Waals surface area (Å²) < 4.78 is 0. The van der Waals surface area contributed by atoms with E-state index < -0.39 is 17.0 Å². The van der Waals surface area contributed by atoms with E-state index in [1.165, 1.54) is 50.1 Å². The van der Waals surface area contributed by atoms with E-state index in [2.05, 4.69) is 120 Å². The Morgan fingerprint density at radius 1 is 0.686 bits per heavy atom. The fourth-order valence-electron chi connectivity index (χ4n) is 5.49. The Hall–Kier alpha value is -2.03. The molecule has 178 valence electrons. The molecule has 4 aromatic rings. The van der Waals surface area contributed by atoms with Crippen LogP contribution in [0.1, 0.15) is 58.7 Å². The van der Waals surface area contributed by atoms with Gasteiger partial charge < -0.3 is 5.32 Å². The van der Waals surface area contributed by atoms with Crippen molar-refractivity contribution in [2.24, 2.45) is 0 Å². The van der Waals surface area contributed by atoms with Crippen molar-refractivity contribution in [3.63, 3.8) is 0 Å². The van der Waals surface area contributed by atoms with Crippen LogP contribution in [0.15, 0.2) is 84.9 Å². The Bertz CT molecular complexity index is 1280. The molecule has 4 heteroatoms. The molecule has 35 heavy (non-hydrogen) atoms. The number of hydrogen-bond acceptors (Lipinski definition) is 0. The number of fused-ring (bicyclic) bond motifs is 3. The van der Waals surface area contributed by atoms with Crippen LogP contribution >= 0.6 is 18.6 Å². The van der Waals surface area contributed by atoms with Crippen molar-refractivity contribution in [3.8, 4) is 11.1 Å². The molecule has 0 heterocycles. The number of aryl methyl sites for hydroxylation is 3. The zero-order chi connectivity index (χ0) is 25.2. The summed E-state index contributed by atoms with van der Waals surface area (Å²) in [5.74, 6) is 0.230. The van der Waals surface area contributed by atoms with Crippen molar-refractivity contribution in [2.45, 2.75) is 46.1 Å². The zero-order valence-corrected chi connectivity index (χ0v) is 23.9. The van der Waals surface area contributed by atoms with E-state index in [0.717, 1.165) is 5.69 Å². The van der Waals surface area contributed by atoms with Crippen LogP contribution in [0.3, 0.4) is 0 Å².